The lowest BCUT2D eigenvalue weighted by molar-refractivity contribution is 0.183. The van der Waals surface area contributed by atoms with Crippen LogP contribution in [0.15, 0.2) is 42.6 Å². The minimum absolute atomic E-state index is 0.0853. The molecule has 2 saturated carbocycles. The maximum Gasteiger partial charge on any atom is 0.321 e. The maximum atomic E-state index is 12.2. The maximum absolute atomic E-state index is 12.2. The van der Waals surface area contributed by atoms with Crippen LogP contribution in [0.5, 0.6) is 5.75 Å². The fourth-order valence-electron chi connectivity index (χ4n) is 3.78. The van der Waals surface area contributed by atoms with E-state index in [1.807, 2.05) is 24.3 Å². The summed E-state index contributed by atoms with van der Waals surface area (Å²) >= 11 is 0. The van der Waals surface area contributed by atoms with E-state index in [2.05, 4.69) is 21.7 Å². The molecule has 5 rings (SSSR count). The van der Waals surface area contributed by atoms with Crippen molar-refractivity contribution in [2.24, 2.45) is 5.92 Å². The Balaban J connectivity index is 1.29. The van der Waals surface area contributed by atoms with Gasteiger partial charge in [0.2, 0.25) is 0 Å². The summed E-state index contributed by atoms with van der Waals surface area (Å²) in [4.78, 5) is 16.2. The molecular formula is C17H12N4O2. The summed E-state index contributed by atoms with van der Waals surface area (Å²) in [6.07, 6.45) is 1.51. The molecule has 1 aromatic heterocycles. The van der Waals surface area contributed by atoms with Gasteiger partial charge in [-0.3, -0.25) is 5.32 Å². The molecule has 2 fully saturated rings. The van der Waals surface area contributed by atoms with Crippen LogP contribution in [0.4, 0.5) is 10.6 Å². The van der Waals surface area contributed by atoms with Crippen LogP contribution in [0.2, 0.25) is 0 Å². The van der Waals surface area contributed by atoms with Gasteiger partial charge in [-0.25, -0.2) is 9.78 Å². The van der Waals surface area contributed by atoms with Crippen molar-refractivity contribution in [3.8, 4) is 11.8 Å². The van der Waals surface area contributed by atoms with E-state index in [4.69, 9.17) is 10.00 Å². The minimum Gasteiger partial charge on any atom is -0.487 e. The van der Waals surface area contributed by atoms with Crippen molar-refractivity contribution in [2.45, 2.75) is 17.6 Å². The lowest BCUT2D eigenvalue weighted by Gasteiger charge is -2.29. The molecule has 2 aromatic rings. The summed E-state index contributed by atoms with van der Waals surface area (Å²) in [6.45, 7) is 0. The number of nitriles is 1. The van der Waals surface area contributed by atoms with Crippen LogP contribution in [0.1, 0.15) is 17.0 Å². The van der Waals surface area contributed by atoms with E-state index in [-0.39, 0.29) is 17.7 Å². The smallest absolute Gasteiger partial charge is 0.321 e. The number of hydrogen-bond acceptors (Lipinski definition) is 4. The quantitative estimate of drug-likeness (QED) is 0.888. The van der Waals surface area contributed by atoms with E-state index < -0.39 is 0 Å². The van der Waals surface area contributed by atoms with E-state index in [0.717, 1.165) is 5.75 Å². The molecule has 2 heterocycles. The van der Waals surface area contributed by atoms with Crippen molar-refractivity contribution in [2.75, 3.05) is 5.32 Å². The number of benzene rings is 1. The fraction of sp³-hybridized carbons (Fsp3) is 0.235. The number of rotatable bonds is 2. The van der Waals surface area contributed by atoms with E-state index in [1.54, 1.807) is 12.1 Å². The summed E-state index contributed by atoms with van der Waals surface area (Å²) in [7, 11) is 0. The fourth-order valence-corrected chi connectivity index (χ4v) is 3.78. The molecule has 112 valence electrons. The summed E-state index contributed by atoms with van der Waals surface area (Å²) in [6, 6.07) is 12.9. The average Bonchev–Trinajstić information content (AvgIpc) is 3.44. The third-order valence-electron chi connectivity index (χ3n) is 4.98. The molecule has 0 bridgehead atoms. The normalized spacial score (nSPS) is 30.8. The van der Waals surface area contributed by atoms with Gasteiger partial charge in [-0.1, -0.05) is 18.2 Å². The topological polar surface area (TPSA) is 87.0 Å². The standard InChI is InChI=1S/C17H12N4O2/c18-7-9-5-6-12(19-8-9)20-16(22)21-17-13-10-3-1-2-4-11(10)23-15(17)14(13)17/h1-6,8,13-15H,(H2,19,20,21,22)/t13-,14?,15?,17?/m0/s1. The first kappa shape index (κ1) is 12.5. The third kappa shape index (κ3) is 1.56. The molecule has 2 amide bonds. The largest absolute Gasteiger partial charge is 0.487 e. The van der Waals surface area contributed by atoms with Crippen molar-refractivity contribution in [3.05, 3.63) is 53.7 Å². The van der Waals surface area contributed by atoms with Crippen LogP contribution in [0, 0.1) is 17.2 Å². The number of amides is 2. The number of carbonyl (C=O) groups excluding carboxylic acids is 1. The van der Waals surface area contributed by atoms with E-state index in [1.165, 1.54) is 11.8 Å². The lowest BCUT2D eigenvalue weighted by atomic mass is 9.95. The molecule has 3 aliphatic rings. The second kappa shape index (κ2) is 4.02. The summed E-state index contributed by atoms with van der Waals surface area (Å²) in [5.74, 6) is 2.10. The number of fused-ring (bicyclic) bond motifs is 4. The molecule has 0 radical (unpaired) electrons. The second-order valence-corrected chi connectivity index (χ2v) is 6.14. The third-order valence-corrected chi connectivity index (χ3v) is 4.98. The lowest BCUT2D eigenvalue weighted by Crippen LogP contribution is -2.44. The minimum atomic E-state index is -0.291. The number of hydrogen-bond donors (Lipinski definition) is 2. The molecule has 1 aliphatic heterocycles. The molecule has 23 heavy (non-hydrogen) atoms. The van der Waals surface area contributed by atoms with Crippen LogP contribution >= 0.6 is 0 Å². The average molecular weight is 304 g/mol. The van der Waals surface area contributed by atoms with Gasteiger partial charge < -0.3 is 10.1 Å². The highest BCUT2D eigenvalue weighted by molar-refractivity contribution is 5.90. The van der Waals surface area contributed by atoms with Crippen molar-refractivity contribution >= 4 is 11.8 Å². The van der Waals surface area contributed by atoms with Crippen LogP contribution in [-0.4, -0.2) is 22.7 Å². The number of para-hydroxylation sites is 1. The highest BCUT2D eigenvalue weighted by atomic mass is 16.5. The first-order valence-corrected chi connectivity index (χ1v) is 7.45. The molecule has 6 heteroatoms. The summed E-state index contributed by atoms with van der Waals surface area (Å²) in [5, 5.41) is 14.5. The first-order chi connectivity index (χ1) is 11.2. The van der Waals surface area contributed by atoms with Gasteiger partial charge in [0.25, 0.3) is 0 Å². The number of anilines is 1. The Morgan fingerprint density at radius 2 is 2.17 bits per heavy atom. The highest BCUT2D eigenvalue weighted by Gasteiger charge is 2.92. The molecule has 4 atom stereocenters. The monoisotopic (exact) mass is 304 g/mol. The number of ether oxygens (including phenoxy) is 1. The van der Waals surface area contributed by atoms with Gasteiger partial charge in [0.05, 0.1) is 11.1 Å². The van der Waals surface area contributed by atoms with Crippen LogP contribution < -0.4 is 15.4 Å². The Labute approximate surface area is 132 Å². The Bertz CT molecular complexity index is 867. The zero-order chi connectivity index (χ0) is 15.6. The number of pyridine rings is 1. The summed E-state index contributed by atoms with van der Waals surface area (Å²) in [5.41, 5.74) is 1.39. The molecule has 6 nitrogen and oxygen atoms in total. The van der Waals surface area contributed by atoms with E-state index in [9.17, 15) is 4.79 Å². The second-order valence-electron chi connectivity index (χ2n) is 6.14. The van der Waals surface area contributed by atoms with Gasteiger partial charge in [-0.2, -0.15) is 5.26 Å². The molecule has 3 unspecified atom stereocenters. The molecule has 0 saturated heterocycles. The van der Waals surface area contributed by atoms with Gasteiger partial charge in [0, 0.05) is 23.6 Å². The predicted molar refractivity (Wildman–Crippen MR) is 80.9 cm³/mol. The van der Waals surface area contributed by atoms with Gasteiger partial charge in [-0.05, 0) is 18.2 Å². The van der Waals surface area contributed by atoms with Gasteiger partial charge in [0.1, 0.15) is 23.7 Å². The molecule has 0 spiro atoms. The molecule has 2 aliphatic carbocycles. The molecular weight excluding hydrogens is 292 g/mol. The van der Waals surface area contributed by atoms with Crippen molar-refractivity contribution in [1.29, 1.82) is 5.26 Å². The van der Waals surface area contributed by atoms with Crippen molar-refractivity contribution in [1.82, 2.24) is 10.3 Å². The van der Waals surface area contributed by atoms with Gasteiger partial charge in [-0.15, -0.1) is 0 Å². The van der Waals surface area contributed by atoms with E-state index >= 15 is 0 Å². The zero-order valence-corrected chi connectivity index (χ0v) is 12.0. The van der Waals surface area contributed by atoms with Crippen LogP contribution in [-0.2, 0) is 0 Å². The Morgan fingerprint density at radius 3 is 2.96 bits per heavy atom. The number of carbonyl (C=O) groups is 1. The number of aromatic nitrogens is 1. The summed E-state index contributed by atoms with van der Waals surface area (Å²) < 4.78 is 5.93. The predicted octanol–water partition coefficient (Wildman–Crippen LogP) is 2.00. The number of urea groups is 1. The van der Waals surface area contributed by atoms with E-state index in [0.29, 0.717) is 23.2 Å². The number of nitrogens with zero attached hydrogens (tertiary/aromatic N) is 2. The van der Waals surface area contributed by atoms with Crippen molar-refractivity contribution in [3.63, 3.8) is 0 Å². The SMILES string of the molecule is N#Cc1ccc(NC(=O)NC23C4Oc5ccccc5[C@H]2C43)nc1. The van der Waals surface area contributed by atoms with Crippen molar-refractivity contribution < 1.29 is 9.53 Å². The van der Waals surface area contributed by atoms with Crippen LogP contribution in [0.25, 0.3) is 0 Å². The van der Waals surface area contributed by atoms with Crippen LogP contribution in [0.3, 0.4) is 0 Å². The Kier molecular flexibility index (Phi) is 2.18. The van der Waals surface area contributed by atoms with Gasteiger partial charge in [0.15, 0.2) is 0 Å². The Morgan fingerprint density at radius 1 is 1.30 bits per heavy atom. The van der Waals surface area contributed by atoms with Gasteiger partial charge >= 0.3 is 6.03 Å². The molecule has 1 aromatic carbocycles. The number of nitrogens with one attached hydrogen (secondary N) is 2. The first-order valence-electron chi connectivity index (χ1n) is 7.45. The highest BCUT2D eigenvalue weighted by Crippen LogP contribution is 2.80. The molecule has 2 N–H and O–H groups in total. The Hall–Kier alpha value is -3.07. The zero-order valence-electron chi connectivity index (χ0n) is 12.0.